The molecule has 0 heterocycles. The average Bonchev–Trinajstić information content (AvgIpc) is 2.82. The van der Waals surface area contributed by atoms with Crippen LogP contribution in [-0.4, -0.2) is 19.9 Å². The summed E-state index contributed by atoms with van der Waals surface area (Å²) in [6.07, 6.45) is 4.28. The van der Waals surface area contributed by atoms with E-state index in [0.29, 0.717) is 13.0 Å². The van der Waals surface area contributed by atoms with E-state index in [1.54, 1.807) is 12.1 Å². The zero-order chi connectivity index (χ0) is 15.5. The highest BCUT2D eigenvalue weighted by atomic mass is 32.2. The third-order valence-corrected chi connectivity index (χ3v) is 4.78. The molecular weight excluding hydrogens is 290 g/mol. The largest absolute Gasteiger partial charge is 0.352 e. The molecule has 0 aromatic heterocycles. The van der Waals surface area contributed by atoms with E-state index < -0.39 is 10.0 Å². The Hall–Kier alpha value is -1.44. The molecule has 6 nitrogen and oxygen atoms in total. The van der Waals surface area contributed by atoms with Crippen molar-refractivity contribution in [2.24, 2.45) is 10.9 Å². The molecule has 1 aromatic carbocycles. The van der Waals surface area contributed by atoms with Gasteiger partial charge in [0.05, 0.1) is 4.90 Å². The first-order valence-electron chi connectivity index (χ1n) is 6.96. The first-order valence-corrected chi connectivity index (χ1v) is 8.50. The molecule has 1 aromatic rings. The Bertz CT molecular complexity index is 605. The van der Waals surface area contributed by atoms with Crippen molar-refractivity contribution < 1.29 is 13.2 Å². The van der Waals surface area contributed by atoms with E-state index in [0.717, 1.165) is 31.2 Å². The van der Waals surface area contributed by atoms with Gasteiger partial charge in [0.25, 0.3) is 0 Å². The number of benzene rings is 1. The summed E-state index contributed by atoms with van der Waals surface area (Å²) in [6.45, 7) is 0.347. The minimum atomic E-state index is -3.68. The first kappa shape index (κ1) is 15.9. The molecule has 2 rings (SSSR count). The van der Waals surface area contributed by atoms with Crippen LogP contribution in [0.3, 0.4) is 0 Å². The lowest BCUT2D eigenvalue weighted by Crippen LogP contribution is -2.42. The van der Waals surface area contributed by atoms with Crippen LogP contribution in [0.4, 0.5) is 0 Å². The van der Waals surface area contributed by atoms with Crippen molar-refractivity contribution in [3.05, 3.63) is 29.8 Å². The molecular formula is C14H21N3O3S. The number of carbonyl (C=O) groups excluding carboxylic acids is 1. The number of carbonyl (C=O) groups is 1. The van der Waals surface area contributed by atoms with E-state index in [-0.39, 0.29) is 16.3 Å². The molecule has 116 valence electrons. The highest BCUT2D eigenvalue weighted by Gasteiger charge is 2.31. The zero-order valence-electron chi connectivity index (χ0n) is 11.8. The second-order valence-electron chi connectivity index (χ2n) is 5.71. The SMILES string of the molecule is NC1(CC(=O)NCc2ccc(S(N)(=O)=O)cc2)CCCC1. The summed E-state index contributed by atoms with van der Waals surface area (Å²) >= 11 is 0. The van der Waals surface area contributed by atoms with Gasteiger partial charge in [0.15, 0.2) is 0 Å². The second kappa shape index (κ2) is 6.13. The maximum atomic E-state index is 11.9. The fourth-order valence-electron chi connectivity index (χ4n) is 2.64. The highest BCUT2D eigenvalue weighted by molar-refractivity contribution is 7.89. The van der Waals surface area contributed by atoms with Gasteiger partial charge in [0, 0.05) is 18.5 Å². The van der Waals surface area contributed by atoms with Gasteiger partial charge in [-0.1, -0.05) is 25.0 Å². The summed E-state index contributed by atoms with van der Waals surface area (Å²) in [5.41, 5.74) is 6.61. The van der Waals surface area contributed by atoms with E-state index in [1.165, 1.54) is 12.1 Å². The second-order valence-corrected chi connectivity index (χ2v) is 7.27. The smallest absolute Gasteiger partial charge is 0.238 e. The molecule has 0 radical (unpaired) electrons. The van der Waals surface area contributed by atoms with Crippen LogP contribution in [0.15, 0.2) is 29.2 Å². The number of amides is 1. The molecule has 1 aliphatic carbocycles. The number of rotatable bonds is 5. The van der Waals surface area contributed by atoms with Crippen molar-refractivity contribution in [2.45, 2.75) is 49.1 Å². The molecule has 0 bridgehead atoms. The number of nitrogens with two attached hydrogens (primary N) is 2. The molecule has 0 aliphatic heterocycles. The van der Waals surface area contributed by atoms with Gasteiger partial charge in [-0.05, 0) is 30.5 Å². The minimum Gasteiger partial charge on any atom is -0.352 e. The summed E-state index contributed by atoms with van der Waals surface area (Å²) in [5, 5.41) is 7.83. The third kappa shape index (κ3) is 4.52. The van der Waals surface area contributed by atoms with Crippen molar-refractivity contribution >= 4 is 15.9 Å². The Morgan fingerprint density at radius 3 is 2.29 bits per heavy atom. The number of sulfonamides is 1. The Morgan fingerprint density at radius 1 is 1.19 bits per heavy atom. The molecule has 5 N–H and O–H groups in total. The van der Waals surface area contributed by atoms with Crippen molar-refractivity contribution in [1.82, 2.24) is 5.32 Å². The van der Waals surface area contributed by atoms with Crippen molar-refractivity contribution in [1.29, 1.82) is 0 Å². The third-order valence-electron chi connectivity index (χ3n) is 3.85. The molecule has 1 fully saturated rings. The van der Waals surface area contributed by atoms with Gasteiger partial charge in [-0.25, -0.2) is 13.6 Å². The van der Waals surface area contributed by atoms with Gasteiger partial charge in [0.1, 0.15) is 0 Å². The number of hydrogen-bond acceptors (Lipinski definition) is 4. The predicted octanol–water partition coefficient (Wildman–Crippen LogP) is 0.612. The lowest BCUT2D eigenvalue weighted by atomic mass is 9.94. The molecule has 1 saturated carbocycles. The summed E-state index contributed by atoms with van der Waals surface area (Å²) in [6, 6.07) is 6.12. The molecule has 0 saturated heterocycles. The molecule has 7 heteroatoms. The van der Waals surface area contributed by atoms with Crippen LogP contribution in [0.2, 0.25) is 0 Å². The number of primary sulfonamides is 1. The van der Waals surface area contributed by atoms with Crippen LogP contribution in [0, 0.1) is 0 Å². The van der Waals surface area contributed by atoms with Gasteiger partial charge >= 0.3 is 0 Å². The maximum absolute atomic E-state index is 11.9. The van der Waals surface area contributed by atoms with Gasteiger partial charge < -0.3 is 11.1 Å². The summed E-state index contributed by atoms with van der Waals surface area (Å²) in [5.74, 6) is -0.0741. The zero-order valence-corrected chi connectivity index (χ0v) is 12.7. The Balaban J connectivity index is 1.86. The minimum absolute atomic E-state index is 0.0597. The molecule has 1 aliphatic rings. The quantitative estimate of drug-likeness (QED) is 0.739. The molecule has 0 spiro atoms. The molecule has 1 amide bonds. The van der Waals surface area contributed by atoms with Gasteiger partial charge in [-0.3, -0.25) is 4.79 Å². The van der Waals surface area contributed by atoms with Crippen LogP contribution in [0.25, 0.3) is 0 Å². The maximum Gasteiger partial charge on any atom is 0.238 e. The number of hydrogen-bond donors (Lipinski definition) is 3. The van der Waals surface area contributed by atoms with Crippen molar-refractivity contribution in [2.75, 3.05) is 0 Å². The van der Waals surface area contributed by atoms with E-state index in [2.05, 4.69) is 5.32 Å². The van der Waals surface area contributed by atoms with Gasteiger partial charge in [-0.2, -0.15) is 0 Å². The van der Waals surface area contributed by atoms with E-state index in [4.69, 9.17) is 10.9 Å². The Kier molecular flexibility index (Phi) is 4.65. The van der Waals surface area contributed by atoms with Crippen molar-refractivity contribution in [3.63, 3.8) is 0 Å². The van der Waals surface area contributed by atoms with E-state index in [1.807, 2.05) is 0 Å². The Labute approximate surface area is 124 Å². The standard InChI is InChI=1S/C14H21N3O3S/c15-14(7-1-2-8-14)9-13(18)17-10-11-3-5-12(6-4-11)21(16,19)20/h3-6H,1-2,7-10,15H2,(H,17,18)(H2,16,19,20). The van der Waals surface area contributed by atoms with Crippen molar-refractivity contribution in [3.8, 4) is 0 Å². The lowest BCUT2D eigenvalue weighted by molar-refractivity contribution is -0.122. The monoisotopic (exact) mass is 311 g/mol. The van der Waals surface area contributed by atoms with Crippen LogP contribution in [0.5, 0.6) is 0 Å². The van der Waals surface area contributed by atoms with Gasteiger partial charge in [-0.15, -0.1) is 0 Å². The highest BCUT2D eigenvalue weighted by Crippen LogP contribution is 2.29. The molecule has 0 atom stereocenters. The topological polar surface area (TPSA) is 115 Å². The predicted molar refractivity (Wildman–Crippen MR) is 79.7 cm³/mol. The van der Waals surface area contributed by atoms with Crippen LogP contribution in [0.1, 0.15) is 37.7 Å². The summed E-state index contributed by atoms with van der Waals surface area (Å²) in [4.78, 5) is 12.0. The van der Waals surface area contributed by atoms with E-state index in [9.17, 15) is 13.2 Å². The van der Waals surface area contributed by atoms with Crippen LogP contribution in [-0.2, 0) is 21.4 Å². The fraction of sp³-hybridized carbons (Fsp3) is 0.500. The Morgan fingerprint density at radius 2 is 1.76 bits per heavy atom. The summed E-state index contributed by atoms with van der Waals surface area (Å²) in [7, 11) is -3.68. The number of nitrogens with one attached hydrogen (secondary N) is 1. The fourth-order valence-corrected chi connectivity index (χ4v) is 3.15. The normalized spacial score (nSPS) is 17.6. The molecule has 21 heavy (non-hydrogen) atoms. The van der Waals surface area contributed by atoms with Crippen LogP contribution < -0.4 is 16.2 Å². The summed E-state index contributed by atoms with van der Waals surface area (Å²) < 4.78 is 22.3. The first-order chi connectivity index (χ1) is 9.78. The molecule has 0 unspecified atom stereocenters. The lowest BCUT2D eigenvalue weighted by Gasteiger charge is -2.22. The van der Waals surface area contributed by atoms with Crippen LogP contribution >= 0.6 is 0 Å². The average molecular weight is 311 g/mol. The van der Waals surface area contributed by atoms with E-state index >= 15 is 0 Å². The van der Waals surface area contributed by atoms with Gasteiger partial charge in [0.2, 0.25) is 15.9 Å².